The summed E-state index contributed by atoms with van der Waals surface area (Å²) in [6.45, 7) is 1.61. The summed E-state index contributed by atoms with van der Waals surface area (Å²) in [6.07, 6.45) is 3.66. The van der Waals surface area contributed by atoms with Gasteiger partial charge in [-0.3, -0.25) is 4.79 Å². The zero-order valence-corrected chi connectivity index (χ0v) is 21.3. The van der Waals surface area contributed by atoms with Crippen LogP contribution in [0.5, 0.6) is 0 Å². The van der Waals surface area contributed by atoms with Gasteiger partial charge in [-0.1, -0.05) is 66.7 Å². The van der Waals surface area contributed by atoms with Crippen LogP contribution in [-0.2, 0) is 42.0 Å². The number of rotatable bonds is 13. The number of hydrogen-bond acceptors (Lipinski definition) is 5. The number of aryl methyl sites for hydroxylation is 2. The average molecular weight is 491 g/mol. The van der Waals surface area contributed by atoms with Crippen LogP contribution in [0.4, 0.5) is 0 Å². The molecule has 3 rings (SSSR count). The fraction of sp³-hybridized carbons (Fsp3) is 0.387. The van der Waals surface area contributed by atoms with Gasteiger partial charge in [0, 0.05) is 6.42 Å². The monoisotopic (exact) mass is 490 g/mol. The van der Waals surface area contributed by atoms with E-state index in [1.165, 1.54) is 12.7 Å². The van der Waals surface area contributed by atoms with Crippen molar-refractivity contribution in [2.45, 2.75) is 64.8 Å². The minimum atomic E-state index is -0.726. The number of ether oxygens (including phenoxy) is 1. The molecule has 0 heterocycles. The number of aliphatic hydroxyl groups excluding tert-OH is 3. The van der Waals surface area contributed by atoms with E-state index in [1.807, 2.05) is 49.4 Å². The first-order valence-corrected chi connectivity index (χ1v) is 12.7. The van der Waals surface area contributed by atoms with Crippen LogP contribution in [0.1, 0.15) is 64.3 Å². The van der Waals surface area contributed by atoms with Crippen molar-refractivity contribution in [2.24, 2.45) is 5.92 Å². The molecule has 0 aliphatic heterocycles. The van der Waals surface area contributed by atoms with Crippen LogP contribution in [0.25, 0.3) is 0 Å². The summed E-state index contributed by atoms with van der Waals surface area (Å²) < 4.78 is 4.73. The van der Waals surface area contributed by atoms with Gasteiger partial charge in [0.05, 0.1) is 26.4 Å². The van der Waals surface area contributed by atoms with E-state index in [1.54, 1.807) is 0 Å². The second kappa shape index (κ2) is 13.9. The first-order chi connectivity index (χ1) is 17.4. The molecule has 3 aromatic rings. The predicted molar refractivity (Wildman–Crippen MR) is 141 cm³/mol. The number of benzene rings is 3. The van der Waals surface area contributed by atoms with Crippen molar-refractivity contribution >= 4 is 5.97 Å². The Balaban J connectivity index is 1.78. The van der Waals surface area contributed by atoms with E-state index in [2.05, 4.69) is 24.3 Å². The van der Waals surface area contributed by atoms with Gasteiger partial charge in [0.15, 0.2) is 0 Å². The Labute approximate surface area is 214 Å². The molecule has 0 aliphatic rings. The van der Waals surface area contributed by atoms with Crippen LogP contribution in [0, 0.1) is 12.8 Å². The van der Waals surface area contributed by atoms with Crippen molar-refractivity contribution in [3.05, 3.63) is 106 Å². The molecule has 5 nitrogen and oxygen atoms in total. The highest BCUT2D eigenvalue weighted by molar-refractivity contribution is 5.69. The number of methoxy groups -OCH3 is 1. The maximum Gasteiger partial charge on any atom is 0.305 e. The molecule has 3 N–H and O–H groups in total. The van der Waals surface area contributed by atoms with E-state index >= 15 is 0 Å². The Hall–Kier alpha value is -2.99. The van der Waals surface area contributed by atoms with Gasteiger partial charge in [-0.25, -0.2) is 0 Å². The highest BCUT2D eigenvalue weighted by atomic mass is 16.5. The molecule has 0 saturated carbocycles. The third-order valence-electron chi connectivity index (χ3n) is 7.02. The molecule has 0 radical (unpaired) electrons. The molecule has 0 unspecified atom stereocenters. The largest absolute Gasteiger partial charge is 0.469 e. The Morgan fingerprint density at radius 1 is 0.861 bits per heavy atom. The fourth-order valence-corrected chi connectivity index (χ4v) is 4.72. The van der Waals surface area contributed by atoms with Crippen molar-refractivity contribution in [3.8, 4) is 0 Å². The van der Waals surface area contributed by atoms with Crippen LogP contribution >= 0.6 is 0 Å². The second-order valence-electron chi connectivity index (χ2n) is 9.46. The summed E-state index contributed by atoms with van der Waals surface area (Å²) in [5.41, 5.74) is 6.53. The standard InChI is InChI=1S/C31H38O5/c1-22-28(20-32)18-27(19-29(22)21-33)31(35)26(10-6-9-23-7-4-3-5-8-23)17-25-13-11-24(12-14-25)15-16-30(34)36-2/h3-5,7-8,11-14,18-19,26,31-33,35H,6,9-10,15-17,20-21H2,1-2H3/t26-,31+/m1/s1. The van der Waals surface area contributed by atoms with E-state index in [-0.39, 0.29) is 25.1 Å². The smallest absolute Gasteiger partial charge is 0.305 e. The van der Waals surface area contributed by atoms with E-state index < -0.39 is 6.10 Å². The summed E-state index contributed by atoms with van der Waals surface area (Å²) in [4.78, 5) is 11.4. The first-order valence-electron chi connectivity index (χ1n) is 12.7. The third-order valence-corrected chi connectivity index (χ3v) is 7.02. The molecule has 0 fully saturated rings. The highest BCUT2D eigenvalue weighted by Gasteiger charge is 2.23. The van der Waals surface area contributed by atoms with Crippen LogP contribution in [0.2, 0.25) is 0 Å². The molecule has 0 aromatic heterocycles. The predicted octanol–water partition coefficient (Wildman–Crippen LogP) is 5.00. The van der Waals surface area contributed by atoms with Crippen molar-refractivity contribution in [1.29, 1.82) is 0 Å². The lowest BCUT2D eigenvalue weighted by molar-refractivity contribution is -0.140. The van der Waals surface area contributed by atoms with Crippen molar-refractivity contribution in [1.82, 2.24) is 0 Å². The minimum absolute atomic E-state index is 0.0320. The lowest BCUT2D eigenvalue weighted by atomic mass is 9.84. The molecule has 0 aliphatic carbocycles. The lowest BCUT2D eigenvalue weighted by Gasteiger charge is -2.25. The van der Waals surface area contributed by atoms with E-state index in [0.717, 1.165) is 52.6 Å². The summed E-state index contributed by atoms with van der Waals surface area (Å²) >= 11 is 0. The fourth-order valence-electron chi connectivity index (χ4n) is 4.72. The second-order valence-corrected chi connectivity index (χ2v) is 9.46. The molecule has 5 heteroatoms. The number of carbonyl (C=O) groups excluding carboxylic acids is 1. The Morgan fingerprint density at radius 3 is 2.03 bits per heavy atom. The zero-order valence-electron chi connectivity index (χ0n) is 21.3. The van der Waals surface area contributed by atoms with Crippen molar-refractivity contribution < 1.29 is 24.9 Å². The van der Waals surface area contributed by atoms with E-state index in [0.29, 0.717) is 19.3 Å². The maximum atomic E-state index is 11.5. The van der Waals surface area contributed by atoms with Gasteiger partial charge >= 0.3 is 5.97 Å². The quantitative estimate of drug-likeness (QED) is 0.294. The van der Waals surface area contributed by atoms with Gasteiger partial charge in [-0.15, -0.1) is 0 Å². The zero-order chi connectivity index (χ0) is 25.9. The normalized spacial score (nSPS) is 12.8. The van der Waals surface area contributed by atoms with Gasteiger partial charge in [0.2, 0.25) is 0 Å². The molecule has 192 valence electrons. The van der Waals surface area contributed by atoms with Crippen molar-refractivity contribution in [2.75, 3.05) is 7.11 Å². The summed E-state index contributed by atoms with van der Waals surface area (Å²) in [5.74, 6) is -0.251. The van der Waals surface area contributed by atoms with Crippen LogP contribution in [-0.4, -0.2) is 28.4 Å². The number of hydrogen-bond donors (Lipinski definition) is 3. The summed E-state index contributed by atoms with van der Waals surface area (Å²) in [6, 6.07) is 22.3. The molecular weight excluding hydrogens is 452 g/mol. The first kappa shape index (κ1) is 27.6. The topological polar surface area (TPSA) is 87.0 Å². The van der Waals surface area contributed by atoms with Gasteiger partial charge in [0.1, 0.15) is 0 Å². The molecule has 0 spiro atoms. The van der Waals surface area contributed by atoms with Gasteiger partial charge in [-0.2, -0.15) is 0 Å². The van der Waals surface area contributed by atoms with Gasteiger partial charge in [0.25, 0.3) is 0 Å². The Bertz CT molecular complexity index is 1070. The molecule has 0 bridgehead atoms. The summed E-state index contributed by atoms with van der Waals surface area (Å²) in [7, 11) is 1.40. The van der Waals surface area contributed by atoms with Crippen LogP contribution < -0.4 is 0 Å². The Kier molecular flexibility index (Phi) is 10.7. The molecule has 36 heavy (non-hydrogen) atoms. The third kappa shape index (κ3) is 7.76. The number of carbonyl (C=O) groups is 1. The van der Waals surface area contributed by atoms with Gasteiger partial charge < -0.3 is 20.1 Å². The molecular formula is C31H38O5. The highest BCUT2D eigenvalue weighted by Crippen LogP contribution is 2.32. The average Bonchev–Trinajstić information content (AvgIpc) is 2.92. The van der Waals surface area contributed by atoms with Crippen molar-refractivity contribution in [3.63, 3.8) is 0 Å². The molecule has 2 atom stereocenters. The number of aliphatic hydroxyl groups is 3. The lowest BCUT2D eigenvalue weighted by Crippen LogP contribution is -2.17. The maximum absolute atomic E-state index is 11.5. The molecule has 3 aromatic carbocycles. The summed E-state index contributed by atoms with van der Waals surface area (Å²) in [5, 5.41) is 31.1. The minimum Gasteiger partial charge on any atom is -0.469 e. The molecule has 0 amide bonds. The SMILES string of the molecule is COC(=O)CCc1ccc(C[C@@H](CCCc2ccccc2)[C@H](O)c2cc(CO)c(C)c(CO)c2)cc1. The van der Waals surface area contributed by atoms with Crippen LogP contribution in [0.15, 0.2) is 66.7 Å². The molecule has 0 saturated heterocycles. The van der Waals surface area contributed by atoms with Crippen LogP contribution in [0.3, 0.4) is 0 Å². The van der Waals surface area contributed by atoms with Gasteiger partial charge in [-0.05, 0) is 83.9 Å². The Morgan fingerprint density at radius 2 is 1.44 bits per heavy atom. The number of esters is 1. The van der Waals surface area contributed by atoms with E-state index in [4.69, 9.17) is 4.74 Å². The van der Waals surface area contributed by atoms with E-state index in [9.17, 15) is 20.1 Å².